The highest BCUT2D eigenvalue weighted by Crippen LogP contribution is 2.54. The third-order valence-electron chi connectivity index (χ3n) is 8.00. The number of halogens is 2. The molecular formula is C28H33F2N5O4S. The Kier molecular flexibility index (Phi) is 7.63. The molecule has 9 nitrogen and oxygen atoms in total. The van der Waals surface area contributed by atoms with E-state index in [0.717, 1.165) is 25.9 Å². The fraction of sp³-hybridized carbons (Fsp3) is 0.500. The zero-order chi connectivity index (χ0) is 28.5. The van der Waals surface area contributed by atoms with Crippen molar-refractivity contribution in [3.8, 4) is 12.3 Å². The summed E-state index contributed by atoms with van der Waals surface area (Å²) < 4.78 is 54.6. The van der Waals surface area contributed by atoms with E-state index in [9.17, 15) is 27.1 Å². The molecule has 1 amide bonds. The maximum absolute atomic E-state index is 13.6. The Hall–Kier alpha value is -3.43. The van der Waals surface area contributed by atoms with E-state index in [1.54, 1.807) is 35.2 Å². The Bertz CT molecular complexity index is 1400. The summed E-state index contributed by atoms with van der Waals surface area (Å²) in [6.07, 6.45) is 7.60. The van der Waals surface area contributed by atoms with Crippen LogP contribution >= 0.6 is 0 Å². The summed E-state index contributed by atoms with van der Waals surface area (Å²) in [5, 5.41) is 12.4. The van der Waals surface area contributed by atoms with E-state index in [1.807, 2.05) is 5.92 Å². The van der Waals surface area contributed by atoms with Crippen molar-refractivity contribution in [3.05, 3.63) is 42.0 Å². The number of alkyl halides is 2. The van der Waals surface area contributed by atoms with Gasteiger partial charge < -0.3 is 20.2 Å². The fourth-order valence-electron chi connectivity index (χ4n) is 5.34. The molecule has 40 heavy (non-hydrogen) atoms. The van der Waals surface area contributed by atoms with Crippen molar-refractivity contribution in [1.29, 1.82) is 0 Å². The molecule has 214 valence electrons. The van der Waals surface area contributed by atoms with Crippen molar-refractivity contribution in [2.75, 3.05) is 51.8 Å². The molecule has 2 saturated heterocycles. The minimum atomic E-state index is -3.93. The number of hydrogen-bond donors (Lipinski definition) is 3. The molecular weight excluding hydrogens is 540 g/mol. The van der Waals surface area contributed by atoms with Crippen molar-refractivity contribution >= 4 is 38.9 Å². The summed E-state index contributed by atoms with van der Waals surface area (Å²) in [4.78, 5) is 21.8. The average Bonchev–Trinajstić information content (AvgIpc) is 3.67. The highest BCUT2D eigenvalue weighted by Gasteiger charge is 2.44. The zero-order valence-electron chi connectivity index (χ0n) is 22.1. The minimum absolute atomic E-state index is 0.174. The van der Waals surface area contributed by atoms with Gasteiger partial charge in [0.1, 0.15) is 23.5 Å². The molecule has 1 atom stereocenters. The number of anilines is 4. The predicted octanol–water partition coefficient (Wildman–Crippen LogP) is 3.69. The number of carbonyl (C=O) groups excluding carboxylic acids is 1. The number of rotatable bonds is 8. The van der Waals surface area contributed by atoms with E-state index >= 15 is 0 Å². The molecule has 0 bridgehead atoms. The van der Waals surface area contributed by atoms with Crippen molar-refractivity contribution in [2.24, 2.45) is 5.41 Å². The normalized spacial score (nSPS) is 20.4. The van der Waals surface area contributed by atoms with Gasteiger partial charge in [0, 0.05) is 39.0 Å². The Balaban J connectivity index is 1.36. The molecule has 1 unspecified atom stereocenters. The SMILES string of the molecule is C#CC(O)CS(=O)(=O)Nc1ccc(C(=O)Nc2cccc(N3CCC(F)(F)CC3)n2)c(N2CCC3(CC2)CC3)c1. The van der Waals surface area contributed by atoms with Crippen LogP contribution in [0.4, 0.5) is 31.8 Å². The second kappa shape index (κ2) is 10.9. The van der Waals surface area contributed by atoms with Crippen LogP contribution in [0.2, 0.25) is 0 Å². The van der Waals surface area contributed by atoms with Crippen LogP contribution < -0.4 is 19.8 Å². The van der Waals surface area contributed by atoms with Crippen LogP contribution in [0.15, 0.2) is 36.4 Å². The van der Waals surface area contributed by atoms with Gasteiger partial charge in [0.25, 0.3) is 11.8 Å². The Morgan fingerprint density at radius 2 is 1.73 bits per heavy atom. The summed E-state index contributed by atoms with van der Waals surface area (Å²) in [6, 6.07) is 9.74. The van der Waals surface area contributed by atoms with E-state index in [2.05, 4.69) is 19.9 Å². The molecule has 1 saturated carbocycles. The number of terminal acetylenes is 1. The first-order chi connectivity index (χ1) is 19.0. The number of aromatic nitrogens is 1. The molecule has 2 aromatic rings. The Morgan fingerprint density at radius 3 is 2.38 bits per heavy atom. The number of pyridine rings is 1. The highest BCUT2D eigenvalue weighted by molar-refractivity contribution is 7.92. The van der Waals surface area contributed by atoms with Gasteiger partial charge in [-0.1, -0.05) is 12.0 Å². The first-order valence-corrected chi connectivity index (χ1v) is 15.1. The van der Waals surface area contributed by atoms with Crippen molar-refractivity contribution < 1.29 is 27.1 Å². The first-order valence-electron chi connectivity index (χ1n) is 13.4. The van der Waals surface area contributed by atoms with Gasteiger partial charge in [0.2, 0.25) is 10.0 Å². The van der Waals surface area contributed by atoms with Gasteiger partial charge in [0.05, 0.1) is 16.9 Å². The number of sulfonamides is 1. The van der Waals surface area contributed by atoms with Gasteiger partial charge in [0.15, 0.2) is 0 Å². The van der Waals surface area contributed by atoms with E-state index < -0.39 is 33.7 Å². The van der Waals surface area contributed by atoms with Gasteiger partial charge in [-0.3, -0.25) is 9.52 Å². The number of benzene rings is 1. The van der Waals surface area contributed by atoms with Crippen LogP contribution in [0.3, 0.4) is 0 Å². The molecule has 3 fully saturated rings. The number of aliphatic hydroxyl groups excluding tert-OH is 1. The Morgan fingerprint density at radius 1 is 1.05 bits per heavy atom. The van der Waals surface area contributed by atoms with E-state index in [-0.39, 0.29) is 37.4 Å². The lowest BCUT2D eigenvalue weighted by Gasteiger charge is -2.35. The Labute approximate surface area is 233 Å². The quantitative estimate of drug-likeness (QED) is 0.413. The summed E-state index contributed by atoms with van der Waals surface area (Å²) in [7, 11) is -3.93. The van der Waals surface area contributed by atoms with Gasteiger partial charge >= 0.3 is 0 Å². The molecule has 1 aromatic heterocycles. The third kappa shape index (κ3) is 6.64. The number of carbonyl (C=O) groups is 1. The fourth-order valence-corrected chi connectivity index (χ4v) is 6.42. The molecule has 1 aliphatic carbocycles. The number of amides is 1. The number of nitrogens with zero attached hydrogens (tertiary/aromatic N) is 3. The lowest BCUT2D eigenvalue weighted by Crippen LogP contribution is -2.39. The van der Waals surface area contributed by atoms with Crippen molar-refractivity contribution in [2.45, 2.75) is 50.6 Å². The molecule has 12 heteroatoms. The topological polar surface area (TPSA) is 115 Å². The molecule has 3 N–H and O–H groups in total. The van der Waals surface area contributed by atoms with Crippen LogP contribution in [0.5, 0.6) is 0 Å². The standard InChI is InChI=1S/C28H33F2N5O4S/c1-2-21(36)19-40(38,39)33-20-6-7-22(23(18-20)34-14-10-27(8-9-27)11-15-34)26(37)32-24-4-3-5-25(31-24)35-16-12-28(29,30)13-17-35/h1,3-7,18,21,33,36H,8-17,19H2,(H,31,32,37). The molecule has 2 aliphatic heterocycles. The molecule has 1 aromatic carbocycles. The molecule has 0 radical (unpaired) electrons. The number of aliphatic hydroxyl groups is 1. The zero-order valence-corrected chi connectivity index (χ0v) is 22.9. The van der Waals surface area contributed by atoms with Crippen LogP contribution in [0.25, 0.3) is 0 Å². The van der Waals surface area contributed by atoms with Crippen molar-refractivity contribution in [3.63, 3.8) is 0 Å². The molecule has 3 heterocycles. The first kappa shape index (κ1) is 28.1. The number of hydrogen-bond acceptors (Lipinski definition) is 7. The molecule has 5 rings (SSSR count). The largest absolute Gasteiger partial charge is 0.379 e. The van der Waals surface area contributed by atoms with Crippen LogP contribution in [0, 0.1) is 17.8 Å². The second-order valence-electron chi connectivity index (χ2n) is 11.0. The van der Waals surface area contributed by atoms with E-state index in [1.165, 1.54) is 18.9 Å². The second-order valence-corrected chi connectivity index (χ2v) is 12.7. The minimum Gasteiger partial charge on any atom is -0.379 e. The van der Waals surface area contributed by atoms with Crippen LogP contribution in [-0.4, -0.2) is 68.4 Å². The van der Waals surface area contributed by atoms with Crippen LogP contribution in [-0.2, 0) is 10.0 Å². The maximum atomic E-state index is 13.6. The van der Waals surface area contributed by atoms with E-state index in [4.69, 9.17) is 6.42 Å². The third-order valence-corrected chi connectivity index (χ3v) is 9.30. The average molecular weight is 574 g/mol. The molecule has 3 aliphatic rings. The number of nitrogens with one attached hydrogen (secondary N) is 2. The van der Waals surface area contributed by atoms with Gasteiger partial charge in [-0.05, 0) is 61.4 Å². The lowest BCUT2D eigenvalue weighted by atomic mass is 9.93. The summed E-state index contributed by atoms with van der Waals surface area (Å²) >= 11 is 0. The van der Waals surface area contributed by atoms with Gasteiger partial charge in [-0.2, -0.15) is 0 Å². The smallest absolute Gasteiger partial charge is 0.258 e. The predicted molar refractivity (Wildman–Crippen MR) is 150 cm³/mol. The number of piperidine rings is 2. The van der Waals surface area contributed by atoms with Gasteiger partial charge in [-0.15, -0.1) is 6.42 Å². The summed E-state index contributed by atoms with van der Waals surface area (Å²) in [5.41, 5.74) is 1.58. The van der Waals surface area contributed by atoms with Crippen LogP contribution in [0.1, 0.15) is 48.9 Å². The highest BCUT2D eigenvalue weighted by atomic mass is 32.2. The lowest BCUT2D eigenvalue weighted by molar-refractivity contribution is -0.0221. The van der Waals surface area contributed by atoms with Gasteiger partial charge in [-0.25, -0.2) is 22.2 Å². The van der Waals surface area contributed by atoms with Crippen molar-refractivity contribution in [1.82, 2.24) is 4.98 Å². The summed E-state index contributed by atoms with van der Waals surface area (Å²) in [5.74, 6) is -0.953. The van der Waals surface area contributed by atoms with E-state index in [0.29, 0.717) is 22.5 Å². The maximum Gasteiger partial charge on any atom is 0.258 e. The molecule has 1 spiro atoms. The monoisotopic (exact) mass is 573 g/mol. The summed E-state index contributed by atoms with van der Waals surface area (Å²) in [6.45, 7) is 1.82.